The minimum atomic E-state index is -0.421. The van der Waals surface area contributed by atoms with Crippen LogP contribution in [0.1, 0.15) is 28.4 Å². The average molecular weight is 335 g/mol. The Bertz CT molecular complexity index is 643. The molecule has 4 nitrogen and oxygen atoms in total. The van der Waals surface area contributed by atoms with E-state index in [1.165, 1.54) is 14.2 Å². The summed E-state index contributed by atoms with van der Waals surface area (Å²) in [7, 11) is 2.87. The van der Waals surface area contributed by atoms with Gasteiger partial charge in [-0.05, 0) is 23.8 Å². The fourth-order valence-corrected chi connectivity index (χ4v) is 2.42. The SMILES string of the molecule is COC(=O)c1ccc(OC(CCCl)c2ccccc2)c(OC)c1. The van der Waals surface area contributed by atoms with E-state index in [0.717, 1.165) is 5.56 Å². The van der Waals surface area contributed by atoms with Crippen LogP contribution in [0, 0.1) is 0 Å². The summed E-state index contributed by atoms with van der Waals surface area (Å²) in [6, 6.07) is 14.8. The van der Waals surface area contributed by atoms with Crippen LogP contribution in [0.4, 0.5) is 0 Å². The number of ether oxygens (including phenoxy) is 3. The second-order valence-corrected chi connectivity index (χ2v) is 5.23. The predicted molar refractivity (Wildman–Crippen MR) is 89.5 cm³/mol. The molecule has 0 bridgehead atoms. The van der Waals surface area contributed by atoms with Crippen molar-refractivity contribution in [2.75, 3.05) is 20.1 Å². The molecule has 0 aliphatic heterocycles. The van der Waals surface area contributed by atoms with Gasteiger partial charge in [0.2, 0.25) is 0 Å². The van der Waals surface area contributed by atoms with Crippen LogP contribution in [-0.4, -0.2) is 26.1 Å². The van der Waals surface area contributed by atoms with Gasteiger partial charge in [-0.25, -0.2) is 4.79 Å². The summed E-state index contributed by atoms with van der Waals surface area (Å²) in [5.41, 5.74) is 1.44. The first-order valence-corrected chi connectivity index (χ1v) is 7.77. The van der Waals surface area contributed by atoms with Crippen molar-refractivity contribution in [2.45, 2.75) is 12.5 Å². The largest absolute Gasteiger partial charge is 0.493 e. The lowest BCUT2D eigenvalue weighted by Crippen LogP contribution is -2.10. The topological polar surface area (TPSA) is 44.8 Å². The summed E-state index contributed by atoms with van der Waals surface area (Å²) in [5.74, 6) is 1.08. The number of carbonyl (C=O) groups excluding carboxylic acids is 1. The first kappa shape index (κ1) is 17.2. The van der Waals surface area contributed by atoms with E-state index in [1.807, 2.05) is 30.3 Å². The van der Waals surface area contributed by atoms with Crippen molar-refractivity contribution in [2.24, 2.45) is 0 Å². The first-order valence-electron chi connectivity index (χ1n) is 7.23. The van der Waals surface area contributed by atoms with Crippen LogP contribution in [-0.2, 0) is 4.74 Å². The van der Waals surface area contributed by atoms with Crippen LogP contribution in [0.3, 0.4) is 0 Å². The summed E-state index contributed by atoms with van der Waals surface area (Å²) in [4.78, 5) is 11.6. The van der Waals surface area contributed by atoms with E-state index in [9.17, 15) is 4.79 Å². The molecule has 1 unspecified atom stereocenters. The van der Waals surface area contributed by atoms with Crippen molar-refractivity contribution in [1.82, 2.24) is 0 Å². The van der Waals surface area contributed by atoms with Gasteiger partial charge in [0.15, 0.2) is 11.5 Å². The number of esters is 1. The van der Waals surface area contributed by atoms with Crippen LogP contribution in [0.5, 0.6) is 11.5 Å². The first-order chi connectivity index (χ1) is 11.2. The number of methoxy groups -OCH3 is 2. The fraction of sp³-hybridized carbons (Fsp3) is 0.278. The predicted octanol–water partition coefficient (Wildman–Crippen LogP) is 4.23. The molecule has 2 rings (SSSR count). The molecule has 0 aliphatic carbocycles. The van der Waals surface area contributed by atoms with Crippen LogP contribution in [0.15, 0.2) is 48.5 Å². The zero-order valence-electron chi connectivity index (χ0n) is 13.1. The summed E-state index contributed by atoms with van der Waals surface area (Å²) in [6.45, 7) is 0. The zero-order valence-corrected chi connectivity index (χ0v) is 13.9. The van der Waals surface area contributed by atoms with Gasteiger partial charge in [-0.15, -0.1) is 11.6 Å². The van der Waals surface area contributed by atoms with Gasteiger partial charge in [0.05, 0.1) is 19.8 Å². The fourth-order valence-electron chi connectivity index (χ4n) is 2.22. The lowest BCUT2D eigenvalue weighted by Gasteiger charge is -2.20. The second kappa shape index (κ2) is 8.44. The zero-order chi connectivity index (χ0) is 16.7. The molecule has 0 saturated carbocycles. The van der Waals surface area contributed by atoms with Crippen LogP contribution < -0.4 is 9.47 Å². The second-order valence-electron chi connectivity index (χ2n) is 4.85. The molecule has 0 N–H and O–H groups in total. The standard InChI is InChI=1S/C18H19ClO4/c1-21-17-12-14(18(20)22-2)8-9-16(17)23-15(10-11-19)13-6-4-3-5-7-13/h3-9,12,15H,10-11H2,1-2H3. The number of halogens is 1. The summed E-state index contributed by atoms with van der Waals surface area (Å²) >= 11 is 5.90. The molecule has 1 atom stereocenters. The van der Waals surface area contributed by atoms with Gasteiger partial charge in [0, 0.05) is 12.3 Å². The van der Waals surface area contributed by atoms with E-state index in [0.29, 0.717) is 29.4 Å². The third kappa shape index (κ3) is 4.39. The Kier molecular flexibility index (Phi) is 6.29. The van der Waals surface area contributed by atoms with E-state index in [1.54, 1.807) is 18.2 Å². The van der Waals surface area contributed by atoms with Gasteiger partial charge < -0.3 is 14.2 Å². The Morgan fingerprint density at radius 2 is 1.83 bits per heavy atom. The Morgan fingerprint density at radius 1 is 1.09 bits per heavy atom. The number of carbonyl (C=O) groups is 1. The normalized spacial score (nSPS) is 11.6. The molecule has 122 valence electrons. The Morgan fingerprint density at radius 3 is 2.43 bits per heavy atom. The van der Waals surface area contributed by atoms with Crippen molar-refractivity contribution < 1.29 is 19.0 Å². The molecule has 0 saturated heterocycles. The van der Waals surface area contributed by atoms with Gasteiger partial charge in [-0.3, -0.25) is 0 Å². The highest BCUT2D eigenvalue weighted by Gasteiger charge is 2.17. The molecule has 0 radical (unpaired) electrons. The van der Waals surface area contributed by atoms with Crippen molar-refractivity contribution in [3.05, 3.63) is 59.7 Å². The molecule has 0 fully saturated rings. The smallest absolute Gasteiger partial charge is 0.337 e. The third-order valence-electron chi connectivity index (χ3n) is 3.40. The van der Waals surface area contributed by atoms with E-state index in [4.69, 9.17) is 25.8 Å². The van der Waals surface area contributed by atoms with Crippen molar-refractivity contribution in [3.8, 4) is 11.5 Å². The number of hydrogen-bond donors (Lipinski definition) is 0. The maximum Gasteiger partial charge on any atom is 0.337 e. The number of rotatable bonds is 7. The molecule has 23 heavy (non-hydrogen) atoms. The van der Waals surface area contributed by atoms with Crippen LogP contribution in [0.2, 0.25) is 0 Å². The Hall–Kier alpha value is -2.20. The van der Waals surface area contributed by atoms with E-state index < -0.39 is 5.97 Å². The Balaban J connectivity index is 2.27. The molecule has 0 heterocycles. The number of benzene rings is 2. The van der Waals surface area contributed by atoms with Gasteiger partial charge >= 0.3 is 5.97 Å². The van der Waals surface area contributed by atoms with Crippen LogP contribution in [0.25, 0.3) is 0 Å². The van der Waals surface area contributed by atoms with Gasteiger partial charge in [-0.2, -0.15) is 0 Å². The maximum absolute atomic E-state index is 11.6. The van der Waals surface area contributed by atoms with Crippen molar-refractivity contribution in [1.29, 1.82) is 0 Å². The van der Waals surface area contributed by atoms with Gasteiger partial charge in [0.25, 0.3) is 0 Å². The maximum atomic E-state index is 11.6. The lowest BCUT2D eigenvalue weighted by atomic mass is 10.1. The van der Waals surface area contributed by atoms with E-state index >= 15 is 0 Å². The molecule has 0 aromatic heterocycles. The lowest BCUT2D eigenvalue weighted by molar-refractivity contribution is 0.0600. The summed E-state index contributed by atoms with van der Waals surface area (Å²) in [5, 5.41) is 0. The monoisotopic (exact) mass is 334 g/mol. The summed E-state index contributed by atoms with van der Waals surface area (Å²) in [6.07, 6.45) is 0.472. The highest BCUT2D eigenvalue weighted by atomic mass is 35.5. The molecule has 2 aromatic rings. The highest BCUT2D eigenvalue weighted by molar-refractivity contribution is 6.17. The molecule has 5 heteroatoms. The number of hydrogen-bond acceptors (Lipinski definition) is 4. The molecular weight excluding hydrogens is 316 g/mol. The minimum Gasteiger partial charge on any atom is -0.493 e. The number of alkyl halides is 1. The van der Waals surface area contributed by atoms with Crippen LogP contribution >= 0.6 is 11.6 Å². The quantitative estimate of drug-likeness (QED) is 0.561. The molecule has 0 amide bonds. The van der Waals surface area contributed by atoms with E-state index in [2.05, 4.69) is 0 Å². The highest BCUT2D eigenvalue weighted by Crippen LogP contribution is 2.33. The van der Waals surface area contributed by atoms with Gasteiger partial charge in [-0.1, -0.05) is 30.3 Å². The van der Waals surface area contributed by atoms with E-state index in [-0.39, 0.29) is 6.10 Å². The molecular formula is C18H19ClO4. The summed E-state index contributed by atoms with van der Waals surface area (Å²) < 4.78 is 16.1. The third-order valence-corrected chi connectivity index (χ3v) is 3.61. The Labute approximate surface area is 140 Å². The molecule has 2 aromatic carbocycles. The average Bonchev–Trinajstić information content (AvgIpc) is 2.61. The minimum absolute atomic E-state index is 0.188. The van der Waals surface area contributed by atoms with Gasteiger partial charge in [0.1, 0.15) is 6.10 Å². The molecule has 0 aliphatic rings. The van der Waals surface area contributed by atoms with Crippen molar-refractivity contribution in [3.63, 3.8) is 0 Å². The molecule has 0 spiro atoms. The van der Waals surface area contributed by atoms with Crippen molar-refractivity contribution >= 4 is 17.6 Å².